The maximum Gasteiger partial charge on any atom is 0.305 e. The molecule has 0 aromatic heterocycles. The number of hydrogen-bond donors (Lipinski definition) is 0. The quantitative estimate of drug-likeness (QED) is 0.153. The highest BCUT2D eigenvalue weighted by atomic mass is 16.5. The van der Waals surface area contributed by atoms with Crippen molar-refractivity contribution in [3.05, 3.63) is 48.6 Å². The van der Waals surface area contributed by atoms with E-state index in [1.54, 1.807) is 0 Å². The largest absolute Gasteiger partial charge is 0.466 e. The third-order valence-corrected chi connectivity index (χ3v) is 4.01. The van der Waals surface area contributed by atoms with Gasteiger partial charge in [0.25, 0.3) is 0 Å². The summed E-state index contributed by atoms with van der Waals surface area (Å²) in [5, 5.41) is 0. The second-order valence-electron chi connectivity index (χ2n) is 6.49. The fourth-order valence-electron chi connectivity index (χ4n) is 2.50. The lowest BCUT2D eigenvalue weighted by atomic mass is 10.1. The molecule has 0 aliphatic heterocycles. The second-order valence-corrected chi connectivity index (χ2v) is 6.49. The third-order valence-electron chi connectivity index (χ3n) is 4.01. The van der Waals surface area contributed by atoms with Gasteiger partial charge >= 0.3 is 5.97 Å². The molecule has 0 atom stereocenters. The van der Waals surface area contributed by atoms with Crippen LogP contribution in [-0.4, -0.2) is 12.6 Å². The molecule has 26 heavy (non-hydrogen) atoms. The minimum atomic E-state index is -0.0646. The molecule has 0 aromatic rings. The minimum absolute atomic E-state index is 0.0646. The fraction of sp³-hybridized carbons (Fsp3) is 0.625. The Kier molecular flexibility index (Phi) is 20.2. The van der Waals surface area contributed by atoms with E-state index in [1.165, 1.54) is 25.7 Å². The van der Waals surface area contributed by atoms with Crippen LogP contribution in [0.1, 0.15) is 90.9 Å². The molecule has 0 amide bonds. The molecule has 2 heteroatoms. The van der Waals surface area contributed by atoms with Crippen molar-refractivity contribution in [1.82, 2.24) is 0 Å². The van der Waals surface area contributed by atoms with Crippen LogP contribution in [0.25, 0.3) is 0 Å². The Hall–Kier alpha value is -1.57. The van der Waals surface area contributed by atoms with Gasteiger partial charge in [0.05, 0.1) is 6.61 Å². The smallest absolute Gasteiger partial charge is 0.305 e. The number of unbranched alkanes of at least 4 members (excludes halogenated alkanes) is 6. The molecule has 2 nitrogen and oxygen atoms in total. The van der Waals surface area contributed by atoms with E-state index in [2.05, 4.69) is 55.5 Å². The monoisotopic (exact) mass is 360 g/mol. The SMILES string of the molecule is CCCCCC=CCC=CCC=CCC=CCCCCCC(=O)OCC. The minimum Gasteiger partial charge on any atom is -0.466 e. The third kappa shape index (κ3) is 20.5. The summed E-state index contributed by atoms with van der Waals surface area (Å²) in [7, 11) is 0. The molecular weight excluding hydrogens is 320 g/mol. The topological polar surface area (TPSA) is 26.3 Å². The summed E-state index contributed by atoms with van der Waals surface area (Å²) in [4.78, 5) is 11.2. The van der Waals surface area contributed by atoms with Crippen LogP contribution < -0.4 is 0 Å². The van der Waals surface area contributed by atoms with Crippen molar-refractivity contribution in [2.45, 2.75) is 90.9 Å². The van der Waals surface area contributed by atoms with Crippen molar-refractivity contribution < 1.29 is 9.53 Å². The second kappa shape index (κ2) is 21.5. The van der Waals surface area contributed by atoms with Gasteiger partial charge < -0.3 is 4.74 Å². The highest BCUT2D eigenvalue weighted by molar-refractivity contribution is 5.69. The summed E-state index contributed by atoms with van der Waals surface area (Å²) in [6, 6.07) is 0. The summed E-state index contributed by atoms with van der Waals surface area (Å²) in [5.41, 5.74) is 0. The number of esters is 1. The first-order chi connectivity index (χ1) is 12.8. The van der Waals surface area contributed by atoms with Crippen LogP contribution in [0, 0.1) is 0 Å². The Balaban J connectivity index is 3.40. The molecule has 0 bridgehead atoms. The zero-order valence-electron chi connectivity index (χ0n) is 17.1. The Morgan fingerprint density at radius 3 is 1.65 bits per heavy atom. The van der Waals surface area contributed by atoms with Gasteiger partial charge in [0.1, 0.15) is 0 Å². The molecular formula is C24H40O2. The van der Waals surface area contributed by atoms with Gasteiger partial charge in [0.15, 0.2) is 0 Å². The number of allylic oxidation sites excluding steroid dienone is 8. The van der Waals surface area contributed by atoms with Crippen molar-refractivity contribution in [2.75, 3.05) is 6.61 Å². The fourth-order valence-corrected chi connectivity index (χ4v) is 2.50. The van der Waals surface area contributed by atoms with E-state index in [-0.39, 0.29) is 5.97 Å². The number of hydrogen-bond acceptors (Lipinski definition) is 2. The van der Waals surface area contributed by atoms with E-state index in [9.17, 15) is 4.79 Å². The van der Waals surface area contributed by atoms with Crippen molar-refractivity contribution in [3.63, 3.8) is 0 Å². The van der Waals surface area contributed by atoms with Crippen LogP contribution in [0.3, 0.4) is 0 Å². The number of carbonyl (C=O) groups excluding carboxylic acids is 1. The Bertz CT molecular complexity index is 416. The van der Waals surface area contributed by atoms with E-state index < -0.39 is 0 Å². The highest BCUT2D eigenvalue weighted by Gasteiger charge is 1.99. The van der Waals surface area contributed by atoms with Gasteiger partial charge in [0.2, 0.25) is 0 Å². The van der Waals surface area contributed by atoms with E-state index in [4.69, 9.17) is 4.74 Å². The Labute approximate surface area is 162 Å². The standard InChI is InChI=1S/C24H40O2/c1-3-5-6-7-8-9-10-11-12-13-14-15-16-17-18-19-20-21-22-23-24(25)26-4-2/h8-9,11-12,14-15,17-18H,3-7,10,13,16,19-23H2,1-2H3. The van der Waals surface area contributed by atoms with E-state index in [0.717, 1.165) is 44.9 Å². The van der Waals surface area contributed by atoms with Gasteiger partial charge in [-0.2, -0.15) is 0 Å². The average Bonchev–Trinajstić information content (AvgIpc) is 2.64. The van der Waals surface area contributed by atoms with Crippen molar-refractivity contribution >= 4 is 5.97 Å². The predicted molar refractivity (Wildman–Crippen MR) is 114 cm³/mol. The van der Waals surface area contributed by atoms with E-state index >= 15 is 0 Å². The first-order valence-corrected chi connectivity index (χ1v) is 10.6. The molecule has 0 aromatic carbocycles. The molecule has 0 radical (unpaired) electrons. The molecule has 0 rings (SSSR count). The molecule has 0 unspecified atom stereocenters. The summed E-state index contributed by atoms with van der Waals surface area (Å²) in [6.07, 6.45) is 31.1. The van der Waals surface area contributed by atoms with Gasteiger partial charge in [-0.15, -0.1) is 0 Å². The van der Waals surface area contributed by atoms with Crippen LogP contribution in [0.5, 0.6) is 0 Å². The highest BCUT2D eigenvalue weighted by Crippen LogP contribution is 2.05. The lowest BCUT2D eigenvalue weighted by molar-refractivity contribution is -0.143. The molecule has 0 N–H and O–H groups in total. The van der Waals surface area contributed by atoms with Gasteiger partial charge in [-0.3, -0.25) is 4.79 Å². The summed E-state index contributed by atoms with van der Waals surface area (Å²) < 4.78 is 4.91. The predicted octanol–water partition coefficient (Wildman–Crippen LogP) is 7.48. The first-order valence-electron chi connectivity index (χ1n) is 10.6. The van der Waals surface area contributed by atoms with Crippen LogP contribution in [0.2, 0.25) is 0 Å². The molecule has 0 fully saturated rings. The summed E-state index contributed by atoms with van der Waals surface area (Å²) >= 11 is 0. The normalized spacial score (nSPS) is 12.2. The Morgan fingerprint density at radius 2 is 1.15 bits per heavy atom. The van der Waals surface area contributed by atoms with E-state index in [0.29, 0.717) is 13.0 Å². The maximum atomic E-state index is 11.2. The average molecular weight is 361 g/mol. The lowest BCUT2D eigenvalue weighted by Crippen LogP contribution is -2.02. The van der Waals surface area contributed by atoms with Crippen molar-refractivity contribution in [3.8, 4) is 0 Å². The van der Waals surface area contributed by atoms with Crippen LogP contribution >= 0.6 is 0 Å². The van der Waals surface area contributed by atoms with Gasteiger partial charge in [0, 0.05) is 6.42 Å². The lowest BCUT2D eigenvalue weighted by Gasteiger charge is -2.00. The molecule has 0 aliphatic rings. The zero-order valence-corrected chi connectivity index (χ0v) is 17.1. The number of rotatable bonds is 17. The van der Waals surface area contributed by atoms with Crippen molar-refractivity contribution in [2.24, 2.45) is 0 Å². The van der Waals surface area contributed by atoms with Crippen LogP contribution in [-0.2, 0) is 9.53 Å². The maximum absolute atomic E-state index is 11.2. The first kappa shape index (κ1) is 24.4. The van der Waals surface area contributed by atoms with Gasteiger partial charge in [-0.25, -0.2) is 0 Å². The van der Waals surface area contributed by atoms with Gasteiger partial charge in [-0.1, -0.05) is 74.8 Å². The summed E-state index contributed by atoms with van der Waals surface area (Å²) in [6.45, 7) is 4.58. The zero-order chi connectivity index (χ0) is 19.1. The number of carbonyl (C=O) groups is 1. The molecule has 0 saturated carbocycles. The Morgan fingerprint density at radius 1 is 0.654 bits per heavy atom. The molecule has 0 saturated heterocycles. The molecule has 0 heterocycles. The summed E-state index contributed by atoms with van der Waals surface area (Å²) in [5.74, 6) is -0.0646. The van der Waals surface area contributed by atoms with Crippen LogP contribution in [0.4, 0.5) is 0 Å². The number of ether oxygens (including phenoxy) is 1. The molecule has 148 valence electrons. The van der Waals surface area contributed by atoms with E-state index in [1.807, 2.05) is 6.92 Å². The van der Waals surface area contributed by atoms with Gasteiger partial charge in [-0.05, 0) is 58.3 Å². The molecule has 0 aliphatic carbocycles. The van der Waals surface area contributed by atoms with Crippen LogP contribution in [0.15, 0.2) is 48.6 Å². The molecule has 0 spiro atoms. The van der Waals surface area contributed by atoms with Crippen molar-refractivity contribution in [1.29, 1.82) is 0 Å².